The zero-order valence-corrected chi connectivity index (χ0v) is 23.6. The predicted molar refractivity (Wildman–Crippen MR) is 147 cm³/mol. The van der Waals surface area contributed by atoms with E-state index >= 15 is 0 Å². The molecule has 0 unspecified atom stereocenters. The second-order valence-electron chi connectivity index (χ2n) is 11.0. The second kappa shape index (κ2) is 9.87. The third kappa shape index (κ3) is 5.46. The molecule has 1 saturated heterocycles. The Bertz CT molecular complexity index is 1580. The monoisotopic (exact) mass is 555 g/mol. The Kier molecular flexibility index (Phi) is 6.84. The minimum atomic E-state index is -3.91. The van der Waals surface area contributed by atoms with E-state index in [9.17, 15) is 18.0 Å². The number of nitrogens with one attached hydrogen (secondary N) is 1. The molecule has 2 aliphatic rings. The lowest BCUT2D eigenvalue weighted by molar-refractivity contribution is 0.0546. The van der Waals surface area contributed by atoms with Gasteiger partial charge in [0.1, 0.15) is 5.60 Å². The van der Waals surface area contributed by atoms with Crippen LogP contribution in [-0.2, 0) is 27.9 Å². The van der Waals surface area contributed by atoms with Crippen LogP contribution in [0.3, 0.4) is 0 Å². The molecule has 1 amide bonds. The summed E-state index contributed by atoms with van der Waals surface area (Å²) in [6.45, 7) is 8.35. The summed E-state index contributed by atoms with van der Waals surface area (Å²) in [5.74, 6) is -0.331. The zero-order chi connectivity index (χ0) is 28.1. The van der Waals surface area contributed by atoms with Crippen molar-refractivity contribution in [2.45, 2.75) is 52.3 Å². The van der Waals surface area contributed by atoms with Crippen LogP contribution in [0.4, 0.5) is 4.79 Å². The highest BCUT2D eigenvalue weighted by Gasteiger charge is 2.34. The third-order valence-corrected chi connectivity index (χ3v) is 7.24. The molecule has 1 fully saturated rings. The molecule has 0 aliphatic carbocycles. The van der Waals surface area contributed by atoms with E-state index in [1.807, 2.05) is 18.2 Å². The molecule has 0 spiro atoms. The van der Waals surface area contributed by atoms with E-state index in [0.717, 1.165) is 36.8 Å². The van der Waals surface area contributed by atoms with E-state index in [0.29, 0.717) is 22.3 Å². The van der Waals surface area contributed by atoms with E-state index < -0.39 is 27.7 Å². The van der Waals surface area contributed by atoms with Crippen LogP contribution in [0.25, 0.3) is 22.2 Å². The number of hydrogen-bond acceptors (Lipinski definition) is 8. The van der Waals surface area contributed by atoms with Gasteiger partial charge in [-0.05, 0) is 76.5 Å². The summed E-state index contributed by atoms with van der Waals surface area (Å²) in [6.07, 6.45) is 2.71. The standard InChI is InChI=1S/C28H33N3O7S/c1-28(2,3)37-27(33)31-21-9-8-17(16-30-10-6-7-11-30)12-18(21)13-22(31)19-14-23(36-4)25(38-39(5,34)35)20-15-29-26(32)24(19)20/h8-9,12-14H,6-7,10-11,15-16H2,1-5H3,(H,29,32). The number of fused-ring (bicyclic) bond motifs is 2. The number of hydrogen-bond donors (Lipinski definition) is 1. The minimum Gasteiger partial charge on any atom is -0.493 e. The molecular weight excluding hydrogens is 522 g/mol. The van der Waals surface area contributed by atoms with Gasteiger partial charge in [-0.25, -0.2) is 9.36 Å². The van der Waals surface area contributed by atoms with Crippen molar-refractivity contribution in [1.82, 2.24) is 14.8 Å². The number of carbonyl (C=O) groups excluding carboxylic acids is 2. The Hall–Kier alpha value is -3.57. The lowest BCUT2D eigenvalue weighted by Crippen LogP contribution is -2.27. The molecule has 39 heavy (non-hydrogen) atoms. The van der Waals surface area contributed by atoms with Gasteiger partial charge in [0.25, 0.3) is 5.91 Å². The predicted octanol–water partition coefficient (Wildman–Crippen LogP) is 4.28. The summed E-state index contributed by atoms with van der Waals surface area (Å²) in [5.41, 5.74) is 2.39. The Morgan fingerprint density at radius 2 is 1.82 bits per heavy atom. The van der Waals surface area contributed by atoms with Gasteiger partial charge < -0.3 is 19.0 Å². The molecule has 0 saturated carbocycles. The molecule has 2 aromatic carbocycles. The fraction of sp³-hybridized carbons (Fsp3) is 0.429. The number of methoxy groups -OCH3 is 1. The molecule has 1 aromatic heterocycles. The molecule has 208 valence electrons. The Morgan fingerprint density at radius 1 is 1.10 bits per heavy atom. The van der Waals surface area contributed by atoms with Crippen LogP contribution in [0.15, 0.2) is 30.3 Å². The number of benzene rings is 2. The van der Waals surface area contributed by atoms with Gasteiger partial charge in [0.15, 0.2) is 11.5 Å². The van der Waals surface area contributed by atoms with Crippen molar-refractivity contribution >= 4 is 33.0 Å². The summed E-state index contributed by atoms with van der Waals surface area (Å²) in [5, 5.41) is 3.56. The average Bonchev–Trinajstić information content (AvgIpc) is 3.56. The van der Waals surface area contributed by atoms with Gasteiger partial charge in [0, 0.05) is 29.6 Å². The maximum atomic E-state index is 13.6. The van der Waals surface area contributed by atoms with Crippen LogP contribution in [-0.4, -0.2) is 61.9 Å². The van der Waals surface area contributed by atoms with Gasteiger partial charge in [-0.3, -0.25) is 9.69 Å². The first-order valence-electron chi connectivity index (χ1n) is 12.9. The maximum absolute atomic E-state index is 13.6. The molecule has 3 aromatic rings. The van der Waals surface area contributed by atoms with Crippen molar-refractivity contribution in [2.75, 3.05) is 26.5 Å². The van der Waals surface area contributed by atoms with Crippen LogP contribution in [0, 0.1) is 0 Å². The van der Waals surface area contributed by atoms with Gasteiger partial charge >= 0.3 is 16.2 Å². The largest absolute Gasteiger partial charge is 0.493 e. The Labute approximate surface area is 227 Å². The van der Waals surface area contributed by atoms with Gasteiger partial charge in [0.2, 0.25) is 0 Å². The first-order valence-corrected chi connectivity index (χ1v) is 14.7. The number of ether oxygens (including phenoxy) is 2. The van der Waals surface area contributed by atoms with E-state index in [-0.39, 0.29) is 23.6 Å². The van der Waals surface area contributed by atoms with E-state index in [1.54, 1.807) is 20.8 Å². The lowest BCUT2D eigenvalue weighted by atomic mass is 9.98. The highest BCUT2D eigenvalue weighted by molar-refractivity contribution is 7.86. The van der Waals surface area contributed by atoms with E-state index in [2.05, 4.69) is 16.3 Å². The second-order valence-corrected chi connectivity index (χ2v) is 12.6. The lowest BCUT2D eigenvalue weighted by Gasteiger charge is -2.22. The smallest absolute Gasteiger partial charge is 0.419 e. The molecule has 11 heteroatoms. The zero-order valence-electron chi connectivity index (χ0n) is 22.8. The van der Waals surface area contributed by atoms with E-state index in [1.165, 1.54) is 30.6 Å². The van der Waals surface area contributed by atoms with Crippen molar-refractivity contribution in [3.8, 4) is 22.8 Å². The molecule has 3 heterocycles. The van der Waals surface area contributed by atoms with Gasteiger partial charge in [-0.15, -0.1) is 0 Å². The fourth-order valence-corrected chi connectivity index (χ4v) is 5.73. The van der Waals surface area contributed by atoms with Crippen LogP contribution in [0.5, 0.6) is 11.5 Å². The molecule has 0 radical (unpaired) electrons. The fourth-order valence-electron chi connectivity index (χ4n) is 5.24. The van der Waals surface area contributed by atoms with Crippen molar-refractivity contribution in [3.63, 3.8) is 0 Å². The maximum Gasteiger partial charge on any atom is 0.419 e. The summed E-state index contributed by atoms with van der Waals surface area (Å²) < 4.78 is 42.0. The van der Waals surface area contributed by atoms with Crippen molar-refractivity contribution < 1.29 is 31.7 Å². The van der Waals surface area contributed by atoms with Crippen molar-refractivity contribution in [3.05, 3.63) is 47.0 Å². The van der Waals surface area contributed by atoms with Crippen LogP contribution < -0.4 is 14.2 Å². The van der Waals surface area contributed by atoms with Crippen LogP contribution in [0.2, 0.25) is 0 Å². The highest BCUT2D eigenvalue weighted by Crippen LogP contribution is 2.44. The quantitative estimate of drug-likeness (QED) is 0.448. The summed E-state index contributed by atoms with van der Waals surface area (Å²) in [7, 11) is -2.52. The Morgan fingerprint density at radius 3 is 2.46 bits per heavy atom. The molecular formula is C28H33N3O7S. The number of nitrogens with zero attached hydrogens (tertiary/aromatic N) is 2. The van der Waals surface area contributed by atoms with Crippen LogP contribution >= 0.6 is 0 Å². The normalized spacial score (nSPS) is 15.9. The molecule has 0 atom stereocenters. The summed E-state index contributed by atoms with van der Waals surface area (Å²) >= 11 is 0. The molecule has 2 aliphatic heterocycles. The molecule has 0 bridgehead atoms. The number of aromatic nitrogens is 1. The SMILES string of the molecule is COc1cc(-c2cc3cc(CN4CCCC4)ccc3n2C(=O)OC(C)(C)C)c2c(c1OS(C)(=O)=O)CNC2=O. The first-order chi connectivity index (χ1) is 18.3. The van der Waals surface area contributed by atoms with Crippen molar-refractivity contribution in [1.29, 1.82) is 0 Å². The molecule has 1 N–H and O–H groups in total. The minimum absolute atomic E-state index is 0.0510. The number of carbonyl (C=O) groups is 2. The average molecular weight is 556 g/mol. The molecule has 5 rings (SSSR count). The summed E-state index contributed by atoms with van der Waals surface area (Å²) in [6, 6.07) is 9.34. The topological polar surface area (TPSA) is 116 Å². The van der Waals surface area contributed by atoms with E-state index in [4.69, 9.17) is 13.7 Å². The Balaban J connectivity index is 1.73. The van der Waals surface area contributed by atoms with Crippen LogP contribution in [0.1, 0.15) is 55.1 Å². The van der Waals surface area contributed by atoms with Gasteiger partial charge in [0.05, 0.1) is 30.1 Å². The van der Waals surface area contributed by atoms with Gasteiger partial charge in [-0.1, -0.05) is 6.07 Å². The first kappa shape index (κ1) is 27.0. The van der Waals surface area contributed by atoms with Gasteiger partial charge in [-0.2, -0.15) is 8.42 Å². The molecule has 10 nitrogen and oxygen atoms in total. The number of amides is 1. The summed E-state index contributed by atoms with van der Waals surface area (Å²) in [4.78, 5) is 29.0. The number of rotatable bonds is 6. The highest BCUT2D eigenvalue weighted by atomic mass is 32.2. The third-order valence-electron chi connectivity index (χ3n) is 6.77. The number of likely N-dealkylation sites (tertiary alicyclic amines) is 1. The van der Waals surface area contributed by atoms with Crippen molar-refractivity contribution in [2.24, 2.45) is 0 Å².